The SMILES string of the molecule is COc1c(F)cccc1C(C)C(C)C(O)(/C=N\c1ccc(F)c2nc(C)ncc12)C(F)(F)F. The monoisotopic (exact) mass is 467 g/mol. The van der Waals surface area contributed by atoms with Crippen molar-refractivity contribution >= 4 is 22.8 Å². The van der Waals surface area contributed by atoms with Crippen LogP contribution >= 0.6 is 0 Å². The number of hydrogen-bond donors (Lipinski definition) is 1. The topological polar surface area (TPSA) is 67.6 Å². The van der Waals surface area contributed by atoms with Crippen LogP contribution in [-0.2, 0) is 0 Å². The Balaban J connectivity index is 2.08. The number of ether oxygens (including phenoxy) is 1. The molecule has 10 heteroatoms. The third kappa shape index (κ3) is 4.52. The maximum Gasteiger partial charge on any atom is 0.422 e. The zero-order chi connectivity index (χ0) is 24.6. The van der Waals surface area contributed by atoms with E-state index in [1.165, 1.54) is 45.4 Å². The van der Waals surface area contributed by atoms with Crippen molar-refractivity contribution in [2.45, 2.75) is 38.5 Å². The second kappa shape index (κ2) is 9.01. The summed E-state index contributed by atoms with van der Waals surface area (Å²) in [5, 5.41) is 10.9. The Morgan fingerprint density at radius 1 is 1.09 bits per heavy atom. The molecule has 0 amide bonds. The maximum atomic E-state index is 14.1. The number of aryl methyl sites for hydroxylation is 1. The Morgan fingerprint density at radius 2 is 1.79 bits per heavy atom. The summed E-state index contributed by atoms with van der Waals surface area (Å²) in [4.78, 5) is 11.8. The summed E-state index contributed by atoms with van der Waals surface area (Å²) < 4.78 is 75.5. The van der Waals surface area contributed by atoms with Gasteiger partial charge in [0.1, 0.15) is 17.2 Å². The molecule has 3 atom stereocenters. The molecular weight excluding hydrogens is 445 g/mol. The molecule has 5 nitrogen and oxygen atoms in total. The van der Waals surface area contributed by atoms with Crippen molar-refractivity contribution in [2.75, 3.05) is 7.11 Å². The van der Waals surface area contributed by atoms with E-state index in [2.05, 4.69) is 15.0 Å². The van der Waals surface area contributed by atoms with Gasteiger partial charge in [-0.3, -0.25) is 4.99 Å². The van der Waals surface area contributed by atoms with Gasteiger partial charge in [0.25, 0.3) is 0 Å². The first-order valence-electron chi connectivity index (χ1n) is 9.99. The molecule has 0 saturated carbocycles. The number of aliphatic hydroxyl groups is 1. The highest BCUT2D eigenvalue weighted by atomic mass is 19.4. The summed E-state index contributed by atoms with van der Waals surface area (Å²) in [6.45, 7) is 4.15. The molecule has 3 aromatic rings. The lowest BCUT2D eigenvalue weighted by Gasteiger charge is -2.36. The average molecular weight is 467 g/mol. The van der Waals surface area contributed by atoms with E-state index in [4.69, 9.17) is 4.74 Å². The molecule has 3 unspecified atom stereocenters. The Kier molecular flexibility index (Phi) is 6.69. The molecule has 1 heterocycles. The summed E-state index contributed by atoms with van der Waals surface area (Å²) >= 11 is 0. The smallest absolute Gasteiger partial charge is 0.422 e. The van der Waals surface area contributed by atoms with E-state index in [9.17, 15) is 27.1 Å². The fourth-order valence-electron chi connectivity index (χ4n) is 3.64. The van der Waals surface area contributed by atoms with Crippen molar-refractivity contribution in [2.24, 2.45) is 10.9 Å². The molecule has 33 heavy (non-hydrogen) atoms. The van der Waals surface area contributed by atoms with E-state index in [0.29, 0.717) is 6.21 Å². The van der Waals surface area contributed by atoms with E-state index in [-0.39, 0.29) is 33.7 Å². The Labute approximate surface area is 187 Å². The number of aromatic nitrogens is 2. The van der Waals surface area contributed by atoms with Gasteiger partial charge >= 0.3 is 6.18 Å². The zero-order valence-electron chi connectivity index (χ0n) is 18.3. The second-order valence-electron chi connectivity index (χ2n) is 7.77. The maximum absolute atomic E-state index is 14.1. The van der Waals surface area contributed by atoms with Crippen molar-refractivity contribution in [3.05, 3.63) is 59.6 Å². The highest BCUT2D eigenvalue weighted by molar-refractivity contribution is 5.91. The number of rotatable bonds is 6. The van der Waals surface area contributed by atoms with Gasteiger partial charge in [0.2, 0.25) is 0 Å². The Bertz CT molecular complexity index is 1200. The van der Waals surface area contributed by atoms with Gasteiger partial charge in [0.05, 0.1) is 12.8 Å². The lowest BCUT2D eigenvalue weighted by atomic mass is 9.76. The lowest BCUT2D eigenvalue weighted by Crippen LogP contribution is -2.53. The van der Waals surface area contributed by atoms with Crippen LogP contribution in [0.25, 0.3) is 10.9 Å². The van der Waals surface area contributed by atoms with E-state index < -0.39 is 35.2 Å². The van der Waals surface area contributed by atoms with E-state index in [1.807, 2.05) is 0 Å². The quantitative estimate of drug-likeness (QED) is 0.375. The molecule has 3 rings (SSSR count). The summed E-state index contributed by atoms with van der Waals surface area (Å²) in [5.41, 5.74) is -3.37. The molecule has 0 fully saturated rings. The molecule has 0 aliphatic carbocycles. The number of methoxy groups -OCH3 is 1. The first-order chi connectivity index (χ1) is 15.4. The van der Waals surface area contributed by atoms with Gasteiger partial charge in [0, 0.05) is 29.3 Å². The largest absolute Gasteiger partial charge is 0.493 e. The van der Waals surface area contributed by atoms with E-state index in [0.717, 1.165) is 12.1 Å². The average Bonchev–Trinajstić information content (AvgIpc) is 2.76. The van der Waals surface area contributed by atoms with Gasteiger partial charge in [-0.25, -0.2) is 18.7 Å². The van der Waals surface area contributed by atoms with Crippen LogP contribution in [0.4, 0.5) is 27.6 Å². The number of halogens is 5. The van der Waals surface area contributed by atoms with Crippen molar-refractivity contribution in [3.8, 4) is 5.75 Å². The lowest BCUT2D eigenvalue weighted by molar-refractivity contribution is -0.246. The number of benzene rings is 2. The highest BCUT2D eigenvalue weighted by Crippen LogP contribution is 2.44. The predicted molar refractivity (Wildman–Crippen MR) is 114 cm³/mol. The molecule has 0 aliphatic heterocycles. The fraction of sp³-hybridized carbons (Fsp3) is 0.348. The highest BCUT2D eigenvalue weighted by Gasteiger charge is 2.57. The molecule has 1 aromatic heterocycles. The van der Waals surface area contributed by atoms with Crippen LogP contribution in [0.5, 0.6) is 5.75 Å². The van der Waals surface area contributed by atoms with Crippen molar-refractivity contribution < 1.29 is 31.8 Å². The molecule has 1 N–H and O–H groups in total. The van der Waals surface area contributed by atoms with Crippen molar-refractivity contribution in [1.82, 2.24) is 9.97 Å². The molecule has 0 spiro atoms. The number of para-hydroxylation sites is 1. The third-order valence-corrected chi connectivity index (χ3v) is 5.79. The standard InChI is InChI=1S/C23H22F5N3O2/c1-12(15-6-5-7-18(25)21(15)33-4)13(2)22(32,23(26,27)28)11-30-19-9-8-17(24)20-16(19)10-29-14(3)31-20/h5-13,32H,1-4H3/b30-11-. The number of hydrogen-bond acceptors (Lipinski definition) is 5. The minimum absolute atomic E-state index is 0.0442. The first-order valence-corrected chi connectivity index (χ1v) is 9.99. The van der Waals surface area contributed by atoms with Crippen LogP contribution in [0.1, 0.15) is 31.2 Å². The minimum atomic E-state index is -5.12. The normalized spacial score (nSPS) is 16.1. The molecule has 0 aliphatic rings. The van der Waals surface area contributed by atoms with Crippen LogP contribution in [0.3, 0.4) is 0 Å². The summed E-state index contributed by atoms with van der Waals surface area (Å²) in [5.74, 6) is -3.81. The number of fused-ring (bicyclic) bond motifs is 1. The number of nitrogens with zero attached hydrogens (tertiary/aromatic N) is 3. The van der Waals surface area contributed by atoms with Crippen LogP contribution in [0.2, 0.25) is 0 Å². The number of alkyl halides is 3. The van der Waals surface area contributed by atoms with Gasteiger partial charge in [0.15, 0.2) is 17.2 Å². The van der Waals surface area contributed by atoms with Gasteiger partial charge in [-0.15, -0.1) is 0 Å². The zero-order valence-corrected chi connectivity index (χ0v) is 18.3. The molecule has 2 aromatic carbocycles. The van der Waals surface area contributed by atoms with Crippen LogP contribution in [-0.4, -0.2) is 40.2 Å². The Hall–Kier alpha value is -3.14. The third-order valence-electron chi connectivity index (χ3n) is 5.79. The van der Waals surface area contributed by atoms with E-state index >= 15 is 0 Å². The van der Waals surface area contributed by atoms with Gasteiger partial charge in [-0.1, -0.05) is 26.0 Å². The summed E-state index contributed by atoms with van der Waals surface area (Å²) in [6, 6.07) is 6.11. The minimum Gasteiger partial charge on any atom is -0.493 e. The fourth-order valence-corrected chi connectivity index (χ4v) is 3.64. The van der Waals surface area contributed by atoms with Crippen LogP contribution < -0.4 is 4.74 Å². The molecule has 0 radical (unpaired) electrons. The molecule has 0 bridgehead atoms. The van der Waals surface area contributed by atoms with Crippen molar-refractivity contribution in [1.29, 1.82) is 0 Å². The summed E-state index contributed by atoms with van der Waals surface area (Å²) in [7, 11) is 1.21. The molecular formula is C23H22F5N3O2. The van der Waals surface area contributed by atoms with Crippen LogP contribution in [0.15, 0.2) is 41.5 Å². The first kappa shape index (κ1) is 24.5. The Morgan fingerprint density at radius 3 is 2.42 bits per heavy atom. The van der Waals surface area contributed by atoms with Gasteiger partial charge < -0.3 is 9.84 Å². The number of aliphatic imine (C=N–C) groups is 1. The van der Waals surface area contributed by atoms with Gasteiger partial charge in [-0.2, -0.15) is 13.2 Å². The van der Waals surface area contributed by atoms with Crippen molar-refractivity contribution in [3.63, 3.8) is 0 Å². The summed E-state index contributed by atoms with van der Waals surface area (Å²) in [6.07, 6.45) is -3.48. The molecule has 176 valence electrons. The van der Waals surface area contributed by atoms with E-state index in [1.54, 1.807) is 6.92 Å². The molecule has 0 saturated heterocycles. The van der Waals surface area contributed by atoms with Crippen LogP contribution in [0, 0.1) is 24.5 Å². The predicted octanol–water partition coefficient (Wildman–Crippen LogP) is 5.66. The second-order valence-corrected chi connectivity index (χ2v) is 7.77. The van der Waals surface area contributed by atoms with Gasteiger partial charge in [-0.05, 0) is 31.0 Å².